The maximum atomic E-state index is 13.2. The summed E-state index contributed by atoms with van der Waals surface area (Å²) < 4.78 is 10.7. The van der Waals surface area contributed by atoms with Gasteiger partial charge in [0.2, 0.25) is 11.8 Å². The third kappa shape index (κ3) is 4.17. The Balaban J connectivity index is 1.45. The number of nitrogens with zero attached hydrogens (tertiary/aromatic N) is 1. The molecule has 160 valence electrons. The number of rotatable bonds is 6. The molecule has 1 saturated heterocycles. The largest absolute Gasteiger partial charge is 0.497 e. The summed E-state index contributed by atoms with van der Waals surface area (Å²) in [6.45, 7) is 1.77. The Hall–Kier alpha value is -3.61. The molecule has 2 aromatic carbocycles. The molecule has 0 spiro atoms. The number of carbonyl (C=O) groups is 3. The number of aryl methyl sites for hydroxylation is 1. The van der Waals surface area contributed by atoms with Gasteiger partial charge in [0.25, 0.3) is 5.91 Å². The van der Waals surface area contributed by atoms with Crippen molar-refractivity contribution >= 4 is 23.4 Å². The van der Waals surface area contributed by atoms with Crippen molar-refractivity contribution in [1.29, 1.82) is 0 Å². The molecule has 1 fully saturated rings. The summed E-state index contributed by atoms with van der Waals surface area (Å²) in [5.74, 6) is -0.801. The summed E-state index contributed by atoms with van der Waals surface area (Å²) in [6.07, 6.45) is 4.10. The zero-order valence-electron chi connectivity index (χ0n) is 17.4. The first-order valence-electron chi connectivity index (χ1n) is 10.2. The highest BCUT2D eigenvalue weighted by Gasteiger charge is 2.52. The summed E-state index contributed by atoms with van der Waals surface area (Å²) in [6, 6.07) is 13.6. The van der Waals surface area contributed by atoms with Gasteiger partial charge in [0.05, 0.1) is 30.7 Å². The summed E-state index contributed by atoms with van der Waals surface area (Å²) in [5.41, 5.74) is 1.53. The lowest BCUT2D eigenvalue weighted by Gasteiger charge is -2.26. The molecule has 31 heavy (non-hydrogen) atoms. The van der Waals surface area contributed by atoms with Gasteiger partial charge < -0.3 is 14.8 Å². The van der Waals surface area contributed by atoms with E-state index in [2.05, 4.69) is 5.32 Å². The van der Waals surface area contributed by atoms with Gasteiger partial charge in [0.15, 0.2) is 6.61 Å². The Kier molecular flexibility index (Phi) is 5.75. The van der Waals surface area contributed by atoms with Gasteiger partial charge >= 0.3 is 0 Å². The molecule has 0 bridgehead atoms. The van der Waals surface area contributed by atoms with E-state index in [1.54, 1.807) is 43.5 Å². The van der Waals surface area contributed by atoms with Crippen molar-refractivity contribution in [2.24, 2.45) is 11.8 Å². The minimum absolute atomic E-state index is 0.171. The van der Waals surface area contributed by atoms with Gasteiger partial charge in [0, 0.05) is 0 Å². The van der Waals surface area contributed by atoms with E-state index >= 15 is 0 Å². The summed E-state index contributed by atoms with van der Waals surface area (Å²) in [4.78, 5) is 39.8. The van der Waals surface area contributed by atoms with Gasteiger partial charge in [-0.3, -0.25) is 14.4 Å². The predicted octanol–water partition coefficient (Wildman–Crippen LogP) is 2.63. The first kappa shape index (κ1) is 20.7. The topological polar surface area (TPSA) is 84.9 Å². The number of allylic oxidation sites excluding steroid dienone is 1. The Morgan fingerprint density at radius 1 is 1.10 bits per heavy atom. The van der Waals surface area contributed by atoms with Crippen molar-refractivity contribution in [3.8, 4) is 11.5 Å². The van der Waals surface area contributed by atoms with Gasteiger partial charge in [-0.05, 0) is 55.3 Å². The Morgan fingerprint density at radius 3 is 2.58 bits per heavy atom. The quantitative estimate of drug-likeness (QED) is 0.574. The summed E-state index contributed by atoms with van der Waals surface area (Å²) in [5, 5.41) is 2.85. The molecule has 7 nitrogen and oxygen atoms in total. The van der Waals surface area contributed by atoms with Crippen LogP contribution < -0.4 is 19.7 Å². The summed E-state index contributed by atoms with van der Waals surface area (Å²) >= 11 is 0. The number of anilines is 1. The highest BCUT2D eigenvalue weighted by atomic mass is 16.5. The standard InChI is InChI=1S/C24H24N2O5/c1-15-5-3-6-18(13-15)31-14-21(27)25-20-8-4-7-19-22(20)24(29)26(23(19)28)16-9-11-17(30-2)12-10-16/h3-6,8-13,19-20,22H,7,14H2,1-2H3,(H,25,27). The van der Waals surface area contributed by atoms with Gasteiger partial charge in [-0.1, -0.05) is 24.3 Å². The van der Waals surface area contributed by atoms with Gasteiger partial charge in [-0.15, -0.1) is 0 Å². The Morgan fingerprint density at radius 2 is 1.87 bits per heavy atom. The number of hydrogen-bond acceptors (Lipinski definition) is 5. The fourth-order valence-electron chi connectivity index (χ4n) is 4.10. The highest BCUT2D eigenvalue weighted by molar-refractivity contribution is 6.22. The van der Waals surface area contributed by atoms with E-state index in [9.17, 15) is 14.4 Å². The number of imide groups is 1. The van der Waals surface area contributed by atoms with Gasteiger partial charge in [0.1, 0.15) is 11.5 Å². The molecule has 0 saturated carbocycles. The first-order valence-corrected chi connectivity index (χ1v) is 10.2. The van der Waals surface area contributed by atoms with Crippen molar-refractivity contribution in [2.75, 3.05) is 18.6 Å². The molecular formula is C24H24N2O5. The van der Waals surface area contributed by atoms with Crippen LogP contribution in [-0.4, -0.2) is 37.5 Å². The average Bonchev–Trinajstić information content (AvgIpc) is 3.03. The normalized spacial score (nSPS) is 22.3. The van der Waals surface area contributed by atoms with E-state index in [1.165, 1.54) is 4.90 Å². The average molecular weight is 420 g/mol. The number of benzene rings is 2. The maximum Gasteiger partial charge on any atom is 0.258 e. The van der Waals surface area contributed by atoms with Crippen LogP contribution in [0.15, 0.2) is 60.7 Å². The lowest BCUT2D eigenvalue weighted by atomic mass is 9.81. The van der Waals surface area contributed by atoms with Crippen LogP contribution >= 0.6 is 0 Å². The molecule has 7 heteroatoms. The monoisotopic (exact) mass is 420 g/mol. The van der Waals surface area contributed by atoms with E-state index < -0.39 is 17.9 Å². The Bertz CT molecular complexity index is 1030. The van der Waals surface area contributed by atoms with Crippen LogP contribution in [0.1, 0.15) is 12.0 Å². The number of ether oxygens (including phenoxy) is 2. The van der Waals surface area contributed by atoms with Crippen LogP contribution in [0.5, 0.6) is 11.5 Å². The lowest BCUT2D eigenvalue weighted by molar-refractivity contribution is -0.126. The number of hydrogen-bond donors (Lipinski definition) is 1. The second kappa shape index (κ2) is 8.63. The van der Waals surface area contributed by atoms with Crippen LogP contribution in [0.2, 0.25) is 0 Å². The number of fused-ring (bicyclic) bond motifs is 1. The molecule has 1 N–H and O–H groups in total. The van der Waals surface area contributed by atoms with Crippen LogP contribution in [0.4, 0.5) is 5.69 Å². The van der Waals surface area contributed by atoms with E-state index in [0.29, 0.717) is 23.6 Å². The predicted molar refractivity (Wildman–Crippen MR) is 115 cm³/mol. The number of carbonyl (C=O) groups excluding carboxylic acids is 3. The number of nitrogens with one attached hydrogen (secondary N) is 1. The maximum absolute atomic E-state index is 13.2. The minimum Gasteiger partial charge on any atom is -0.497 e. The van der Waals surface area contributed by atoms with Crippen molar-refractivity contribution in [2.45, 2.75) is 19.4 Å². The number of amides is 3. The molecule has 1 aliphatic heterocycles. The van der Waals surface area contributed by atoms with E-state index in [-0.39, 0.29) is 24.3 Å². The van der Waals surface area contributed by atoms with E-state index in [1.807, 2.05) is 31.2 Å². The molecule has 4 rings (SSSR count). The van der Waals surface area contributed by atoms with Gasteiger partial charge in [-0.25, -0.2) is 4.90 Å². The minimum atomic E-state index is -0.637. The zero-order chi connectivity index (χ0) is 22.0. The smallest absolute Gasteiger partial charge is 0.258 e. The molecule has 1 aliphatic carbocycles. The zero-order valence-corrected chi connectivity index (χ0v) is 17.4. The molecule has 3 unspecified atom stereocenters. The molecular weight excluding hydrogens is 396 g/mol. The van der Waals surface area contributed by atoms with Crippen LogP contribution in [-0.2, 0) is 14.4 Å². The van der Waals surface area contributed by atoms with Crippen molar-refractivity contribution in [3.63, 3.8) is 0 Å². The second-order valence-corrected chi connectivity index (χ2v) is 7.70. The third-order valence-electron chi connectivity index (χ3n) is 5.61. The molecule has 3 amide bonds. The van der Waals surface area contributed by atoms with Crippen LogP contribution in [0.3, 0.4) is 0 Å². The van der Waals surface area contributed by atoms with Crippen LogP contribution in [0, 0.1) is 18.8 Å². The third-order valence-corrected chi connectivity index (χ3v) is 5.61. The molecule has 0 aromatic heterocycles. The van der Waals surface area contributed by atoms with E-state index in [4.69, 9.17) is 9.47 Å². The fourth-order valence-corrected chi connectivity index (χ4v) is 4.10. The SMILES string of the molecule is COc1ccc(N2C(=O)C3CC=CC(NC(=O)COc4cccc(C)c4)C3C2=O)cc1. The lowest BCUT2D eigenvalue weighted by Crippen LogP contribution is -2.46. The van der Waals surface area contributed by atoms with Crippen molar-refractivity contribution < 1.29 is 23.9 Å². The highest BCUT2D eigenvalue weighted by Crippen LogP contribution is 2.38. The molecule has 0 radical (unpaired) electrons. The summed E-state index contributed by atoms with van der Waals surface area (Å²) in [7, 11) is 1.55. The molecule has 1 heterocycles. The van der Waals surface area contributed by atoms with Gasteiger partial charge in [-0.2, -0.15) is 0 Å². The Labute approximate surface area is 180 Å². The van der Waals surface area contributed by atoms with Crippen LogP contribution in [0.25, 0.3) is 0 Å². The van der Waals surface area contributed by atoms with Crippen molar-refractivity contribution in [3.05, 3.63) is 66.2 Å². The molecule has 2 aliphatic rings. The fraction of sp³-hybridized carbons (Fsp3) is 0.292. The first-order chi connectivity index (χ1) is 15.0. The molecule has 3 atom stereocenters. The molecule has 2 aromatic rings. The second-order valence-electron chi connectivity index (χ2n) is 7.70. The number of methoxy groups -OCH3 is 1. The van der Waals surface area contributed by atoms with Crippen molar-refractivity contribution in [1.82, 2.24) is 5.32 Å². The van der Waals surface area contributed by atoms with E-state index in [0.717, 1.165) is 5.56 Å².